The second-order valence-electron chi connectivity index (χ2n) is 5.83. The molecule has 1 saturated heterocycles. The largest absolute Gasteiger partial charge is 0.302 e. The Bertz CT molecular complexity index is 790. The van der Waals surface area contributed by atoms with Crippen LogP contribution in [-0.4, -0.2) is 59.2 Å². The highest BCUT2D eigenvalue weighted by atomic mass is 35.5. The molecule has 0 radical (unpaired) electrons. The molecule has 0 amide bonds. The van der Waals surface area contributed by atoms with Gasteiger partial charge in [-0.25, -0.2) is 18.1 Å². The number of likely N-dealkylation sites (N-methyl/N-ethyl adjacent to an activating group) is 1. The smallest absolute Gasteiger partial charge is 0.151 e. The molecule has 8 heteroatoms. The first-order valence-electron chi connectivity index (χ1n) is 7.51. The second kappa shape index (κ2) is 6.59. The fourth-order valence-electron chi connectivity index (χ4n) is 2.84. The molecule has 23 heavy (non-hydrogen) atoms. The number of halogens is 1. The van der Waals surface area contributed by atoms with Gasteiger partial charge in [-0.1, -0.05) is 23.7 Å². The minimum Gasteiger partial charge on any atom is -0.302 e. The van der Waals surface area contributed by atoms with Gasteiger partial charge < -0.3 is 4.90 Å². The SMILES string of the molecule is CN(CCc1ncnn1-c1ccccc1Cl)[C@H]1CCS(=O)(=O)C1. The summed E-state index contributed by atoms with van der Waals surface area (Å²) in [5.74, 6) is 1.35. The molecule has 0 aliphatic carbocycles. The van der Waals surface area contributed by atoms with Gasteiger partial charge in [-0.05, 0) is 25.6 Å². The highest BCUT2D eigenvalue weighted by molar-refractivity contribution is 7.91. The van der Waals surface area contributed by atoms with Crippen molar-refractivity contribution in [1.29, 1.82) is 0 Å². The summed E-state index contributed by atoms with van der Waals surface area (Å²) in [6, 6.07) is 7.58. The normalized spacial score (nSPS) is 20.2. The fraction of sp³-hybridized carbons (Fsp3) is 0.467. The molecule has 1 aliphatic heterocycles. The van der Waals surface area contributed by atoms with Crippen LogP contribution in [0.25, 0.3) is 5.69 Å². The average Bonchev–Trinajstić information content (AvgIpc) is 3.11. The summed E-state index contributed by atoms with van der Waals surface area (Å²) in [5.41, 5.74) is 0.799. The molecule has 6 nitrogen and oxygen atoms in total. The van der Waals surface area contributed by atoms with Crippen LogP contribution in [0.4, 0.5) is 0 Å². The van der Waals surface area contributed by atoms with E-state index >= 15 is 0 Å². The third-order valence-corrected chi connectivity index (χ3v) is 6.29. The Balaban J connectivity index is 1.68. The summed E-state index contributed by atoms with van der Waals surface area (Å²) < 4.78 is 24.9. The molecule has 0 bridgehead atoms. The number of hydrogen-bond acceptors (Lipinski definition) is 5. The molecule has 2 heterocycles. The Hall–Kier alpha value is -1.44. The zero-order valence-corrected chi connectivity index (χ0v) is 14.5. The molecule has 0 spiro atoms. The van der Waals surface area contributed by atoms with Crippen LogP contribution in [0.1, 0.15) is 12.2 Å². The van der Waals surface area contributed by atoms with Gasteiger partial charge in [0.15, 0.2) is 9.84 Å². The van der Waals surface area contributed by atoms with E-state index in [0.717, 1.165) is 18.1 Å². The summed E-state index contributed by atoms with van der Waals surface area (Å²) in [6.07, 6.45) is 2.90. The Morgan fingerprint density at radius 1 is 1.39 bits per heavy atom. The highest BCUT2D eigenvalue weighted by Crippen LogP contribution is 2.21. The molecule has 1 atom stereocenters. The number of benzene rings is 1. The minimum atomic E-state index is -2.86. The molecule has 1 aliphatic rings. The van der Waals surface area contributed by atoms with Crippen LogP contribution >= 0.6 is 11.6 Å². The van der Waals surface area contributed by atoms with Crippen molar-refractivity contribution in [1.82, 2.24) is 19.7 Å². The van der Waals surface area contributed by atoms with Gasteiger partial charge in [-0.15, -0.1) is 0 Å². The van der Waals surface area contributed by atoms with Crippen molar-refractivity contribution in [2.24, 2.45) is 0 Å². The van der Waals surface area contributed by atoms with E-state index in [2.05, 4.69) is 15.0 Å². The number of nitrogens with zero attached hydrogens (tertiary/aromatic N) is 4. The predicted octanol–water partition coefficient (Wildman–Crippen LogP) is 1.58. The minimum absolute atomic E-state index is 0.0942. The molecule has 1 aromatic carbocycles. The molecular formula is C15H19ClN4O2S. The molecule has 124 valence electrons. The lowest BCUT2D eigenvalue weighted by Gasteiger charge is -2.22. The van der Waals surface area contributed by atoms with Gasteiger partial charge in [0.25, 0.3) is 0 Å². The summed E-state index contributed by atoms with van der Waals surface area (Å²) in [7, 11) is -0.902. The Morgan fingerprint density at radius 2 is 2.17 bits per heavy atom. The number of hydrogen-bond donors (Lipinski definition) is 0. The first-order valence-corrected chi connectivity index (χ1v) is 9.71. The first kappa shape index (κ1) is 16.4. The third-order valence-electron chi connectivity index (χ3n) is 4.22. The lowest BCUT2D eigenvalue weighted by Crippen LogP contribution is -2.34. The van der Waals surface area contributed by atoms with Crippen molar-refractivity contribution in [3.63, 3.8) is 0 Å². The van der Waals surface area contributed by atoms with Crippen molar-refractivity contribution in [2.45, 2.75) is 18.9 Å². The molecule has 0 unspecified atom stereocenters. The van der Waals surface area contributed by atoms with Crippen LogP contribution in [0.5, 0.6) is 0 Å². The van der Waals surface area contributed by atoms with Gasteiger partial charge in [-0.3, -0.25) is 0 Å². The quantitative estimate of drug-likeness (QED) is 0.815. The van der Waals surface area contributed by atoms with Crippen molar-refractivity contribution in [3.8, 4) is 5.69 Å². The highest BCUT2D eigenvalue weighted by Gasteiger charge is 2.30. The van der Waals surface area contributed by atoms with Crippen LogP contribution in [0.2, 0.25) is 5.02 Å². The van der Waals surface area contributed by atoms with Gasteiger partial charge >= 0.3 is 0 Å². The zero-order valence-electron chi connectivity index (χ0n) is 12.9. The third kappa shape index (κ3) is 3.73. The van der Waals surface area contributed by atoms with Crippen LogP contribution in [-0.2, 0) is 16.3 Å². The van der Waals surface area contributed by atoms with Crippen molar-refractivity contribution >= 4 is 21.4 Å². The van der Waals surface area contributed by atoms with Gasteiger partial charge in [0.05, 0.1) is 22.2 Å². The van der Waals surface area contributed by atoms with Gasteiger partial charge in [0.2, 0.25) is 0 Å². The summed E-state index contributed by atoms with van der Waals surface area (Å²) in [4.78, 5) is 6.40. The number of aromatic nitrogens is 3. The predicted molar refractivity (Wildman–Crippen MR) is 89.8 cm³/mol. The maximum atomic E-state index is 11.6. The second-order valence-corrected chi connectivity index (χ2v) is 8.46. The maximum absolute atomic E-state index is 11.6. The fourth-order valence-corrected chi connectivity index (χ4v) is 4.86. The number of rotatable bonds is 5. The summed E-state index contributed by atoms with van der Waals surface area (Å²) in [6.45, 7) is 0.726. The lowest BCUT2D eigenvalue weighted by atomic mass is 10.2. The van der Waals surface area contributed by atoms with E-state index in [4.69, 9.17) is 11.6 Å². The van der Waals surface area contributed by atoms with Gasteiger partial charge in [-0.2, -0.15) is 5.10 Å². The molecule has 1 aromatic heterocycles. The first-order chi connectivity index (χ1) is 11.0. The average molecular weight is 355 g/mol. The topological polar surface area (TPSA) is 68.1 Å². The summed E-state index contributed by atoms with van der Waals surface area (Å²) in [5, 5.41) is 4.87. The van der Waals surface area contributed by atoms with E-state index < -0.39 is 9.84 Å². The Labute approximate surface area is 141 Å². The van der Waals surface area contributed by atoms with Crippen molar-refractivity contribution in [2.75, 3.05) is 25.1 Å². The van der Waals surface area contributed by atoms with E-state index in [1.165, 1.54) is 6.33 Å². The van der Waals surface area contributed by atoms with E-state index in [-0.39, 0.29) is 17.5 Å². The molecule has 0 saturated carbocycles. The Kier molecular flexibility index (Phi) is 4.70. The van der Waals surface area contributed by atoms with Crippen LogP contribution in [0.15, 0.2) is 30.6 Å². The Morgan fingerprint density at radius 3 is 2.87 bits per heavy atom. The van der Waals surface area contributed by atoms with Gasteiger partial charge in [0.1, 0.15) is 12.2 Å². The molecular weight excluding hydrogens is 336 g/mol. The lowest BCUT2D eigenvalue weighted by molar-refractivity contribution is 0.263. The molecule has 2 aromatic rings. The van der Waals surface area contributed by atoms with E-state index in [0.29, 0.717) is 17.9 Å². The van der Waals surface area contributed by atoms with Crippen LogP contribution < -0.4 is 0 Å². The zero-order chi connectivity index (χ0) is 16.4. The summed E-state index contributed by atoms with van der Waals surface area (Å²) >= 11 is 6.22. The van der Waals surface area contributed by atoms with E-state index in [1.807, 2.05) is 31.3 Å². The maximum Gasteiger partial charge on any atom is 0.151 e. The standard InChI is InChI=1S/C15H19ClN4O2S/c1-19(12-7-9-23(21,22)10-12)8-6-15-17-11-18-20(15)14-5-3-2-4-13(14)16/h2-5,11-12H,6-10H2,1H3/t12-/m0/s1. The monoisotopic (exact) mass is 354 g/mol. The van der Waals surface area contributed by atoms with Crippen LogP contribution in [0, 0.1) is 0 Å². The molecule has 0 N–H and O–H groups in total. The van der Waals surface area contributed by atoms with Crippen LogP contribution in [0.3, 0.4) is 0 Å². The van der Waals surface area contributed by atoms with E-state index in [9.17, 15) is 8.42 Å². The number of sulfone groups is 1. The van der Waals surface area contributed by atoms with Crippen molar-refractivity contribution in [3.05, 3.63) is 41.4 Å². The molecule has 3 rings (SSSR count). The molecule has 1 fully saturated rings. The van der Waals surface area contributed by atoms with Gasteiger partial charge in [0, 0.05) is 19.0 Å². The van der Waals surface area contributed by atoms with Crippen molar-refractivity contribution < 1.29 is 8.42 Å². The number of para-hydroxylation sites is 1. The van der Waals surface area contributed by atoms with E-state index in [1.54, 1.807) is 4.68 Å².